The summed E-state index contributed by atoms with van der Waals surface area (Å²) in [5.41, 5.74) is 0.314. The molecule has 2 aliphatic rings. The predicted octanol–water partition coefficient (Wildman–Crippen LogP) is 1.67. The summed E-state index contributed by atoms with van der Waals surface area (Å²) in [5.74, 6) is 0. The van der Waals surface area contributed by atoms with Gasteiger partial charge < -0.3 is 21.4 Å². The van der Waals surface area contributed by atoms with Crippen molar-refractivity contribution < 1.29 is 42.2 Å². The Morgan fingerprint density at radius 3 is 2.30 bits per heavy atom. The van der Waals surface area contributed by atoms with Gasteiger partial charge in [0.1, 0.15) is 0 Å². The van der Waals surface area contributed by atoms with Crippen LogP contribution in [0.25, 0.3) is 0 Å². The zero-order chi connectivity index (χ0) is 14.1. The van der Waals surface area contributed by atoms with Crippen LogP contribution < -0.4 is 5.32 Å². The maximum atomic E-state index is 10.3. The summed E-state index contributed by atoms with van der Waals surface area (Å²) >= 11 is 0. The van der Waals surface area contributed by atoms with Crippen LogP contribution >= 0.6 is 0 Å². The zero-order valence-electron chi connectivity index (χ0n) is 12.7. The van der Waals surface area contributed by atoms with Gasteiger partial charge in [-0.2, -0.15) is 6.41 Å². The molecule has 0 bridgehead atoms. The summed E-state index contributed by atoms with van der Waals surface area (Å²) < 4.78 is 5.43. The average molecular weight is 355 g/mol. The molecule has 113 valence electrons. The number of amides is 1. The van der Waals surface area contributed by atoms with E-state index >= 15 is 0 Å². The van der Waals surface area contributed by atoms with E-state index in [9.17, 15) is 4.79 Å². The summed E-state index contributed by atoms with van der Waals surface area (Å²) in [4.78, 5) is 12.8. The van der Waals surface area contributed by atoms with Gasteiger partial charge in [-0.3, -0.25) is 11.0 Å². The van der Waals surface area contributed by atoms with Crippen molar-refractivity contribution in [2.75, 3.05) is 26.3 Å². The number of hydrogen-bond donors (Lipinski definition) is 1. The van der Waals surface area contributed by atoms with Gasteiger partial charge in [-0.1, -0.05) is 6.92 Å². The van der Waals surface area contributed by atoms with Gasteiger partial charge >= 0.3 is 0 Å². The molecule has 0 aromatic rings. The van der Waals surface area contributed by atoms with Crippen molar-refractivity contribution in [1.82, 2.24) is 10.2 Å². The Labute approximate surface area is 148 Å². The van der Waals surface area contributed by atoms with Gasteiger partial charge in [-0.15, -0.1) is 0 Å². The Hall–Kier alpha value is 0.234. The third-order valence-corrected chi connectivity index (χ3v) is 4.09. The number of rotatable bonds is 3. The van der Waals surface area contributed by atoms with Crippen molar-refractivity contribution in [3.05, 3.63) is 12.7 Å². The van der Waals surface area contributed by atoms with Crippen LogP contribution in [0.5, 0.6) is 0 Å². The molecule has 0 aliphatic carbocycles. The smallest absolute Gasteiger partial charge is 0.0483 e. The van der Waals surface area contributed by atoms with E-state index in [1.165, 1.54) is 6.08 Å². The van der Waals surface area contributed by atoms with Crippen molar-refractivity contribution in [1.29, 1.82) is 0 Å². The van der Waals surface area contributed by atoms with Gasteiger partial charge in [0.25, 0.3) is 0 Å². The molecule has 2 aliphatic heterocycles. The molecule has 0 aromatic heterocycles. The van der Waals surface area contributed by atoms with Gasteiger partial charge in [0, 0.05) is 64.6 Å². The fourth-order valence-electron chi connectivity index (χ4n) is 2.77. The first-order chi connectivity index (χ1) is 9.16. The molecule has 2 heterocycles. The molecule has 4 nitrogen and oxygen atoms in total. The Morgan fingerprint density at radius 2 is 1.85 bits per heavy atom. The minimum Gasteiger partial charge on any atom is -0.527 e. The molecule has 2 saturated heterocycles. The second-order valence-electron chi connectivity index (χ2n) is 5.45. The fourth-order valence-corrected chi connectivity index (χ4v) is 2.77. The number of ether oxygens (including phenoxy) is 1. The first-order valence-electron chi connectivity index (χ1n) is 7.11. The molecule has 5 heteroatoms. The minimum atomic E-state index is 0. The minimum absolute atomic E-state index is 0. The van der Waals surface area contributed by atoms with Crippen molar-refractivity contribution in [3.63, 3.8) is 0 Å². The molecule has 0 unspecified atom stereocenters. The molecule has 2 rings (SSSR count). The van der Waals surface area contributed by atoms with Crippen LogP contribution in [0.2, 0.25) is 0 Å². The summed E-state index contributed by atoms with van der Waals surface area (Å²) in [6.07, 6.45) is 7.66. The van der Waals surface area contributed by atoms with Crippen LogP contribution in [-0.4, -0.2) is 49.2 Å². The third-order valence-electron chi connectivity index (χ3n) is 4.09. The van der Waals surface area contributed by atoms with E-state index < -0.39 is 0 Å². The Bertz CT molecular complexity index is 273. The molecule has 0 spiro atoms. The van der Waals surface area contributed by atoms with Crippen LogP contribution in [0.1, 0.15) is 39.5 Å². The quantitative estimate of drug-likeness (QED) is 0.619. The van der Waals surface area contributed by atoms with Gasteiger partial charge in [0.15, 0.2) is 0 Å². The van der Waals surface area contributed by atoms with Gasteiger partial charge in [0.2, 0.25) is 0 Å². The maximum Gasteiger partial charge on any atom is 0.0483 e. The van der Waals surface area contributed by atoms with Crippen LogP contribution in [0, 0.1) is 6.58 Å². The molecule has 1 amide bonds. The molecule has 1 radical (unpaired) electrons. The number of piperidine rings is 1. The first kappa shape index (κ1) is 20.2. The van der Waals surface area contributed by atoms with E-state index in [1.54, 1.807) is 13.3 Å². The SMILES string of the molecule is CC1(N2CCC(N[C-]=O)CC2)CCOCC1.[CH-]=CC.[Y]. The van der Waals surface area contributed by atoms with Gasteiger partial charge in [-0.05, 0) is 38.6 Å². The number of allylic oxidation sites excluding steroid dienone is 1. The number of likely N-dealkylation sites (tertiary alicyclic amines) is 1. The summed E-state index contributed by atoms with van der Waals surface area (Å²) in [7, 11) is 0. The van der Waals surface area contributed by atoms with E-state index in [0.717, 1.165) is 52.0 Å². The Kier molecular flexibility index (Phi) is 11.0. The van der Waals surface area contributed by atoms with Crippen molar-refractivity contribution in [2.24, 2.45) is 0 Å². The number of carbonyl (C=O) groups excluding carboxylic acids is 1. The van der Waals surface area contributed by atoms with E-state index in [2.05, 4.69) is 17.1 Å². The molecule has 0 saturated carbocycles. The number of nitrogens with one attached hydrogen (secondary N) is 1. The van der Waals surface area contributed by atoms with E-state index in [0.29, 0.717) is 11.6 Å². The molecule has 20 heavy (non-hydrogen) atoms. The Balaban J connectivity index is 0.000000830. The first-order valence-corrected chi connectivity index (χ1v) is 7.11. The Morgan fingerprint density at radius 1 is 1.35 bits per heavy atom. The molecule has 0 aromatic carbocycles. The number of hydrogen-bond acceptors (Lipinski definition) is 3. The van der Waals surface area contributed by atoms with E-state index in [1.807, 2.05) is 0 Å². The standard InChI is InChI=1S/C12H21N2O2.C3H5.Y/c1-12(4-8-16-9-5-12)14-6-2-11(3-7-14)13-10-15;1-3-2;/h11H,2-9H2,1H3,(H,13,15);1,3H,2H3;/q2*-1;. The third kappa shape index (κ3) is 6.34. The van der Waals surface area contributed by atoms with Crippen molar-refractivity contribution in [2.45, 2.75) is 51.1 Å². The second kappa shape index (κ2) is 10.9. The second-order valence-corrected chi connectivity index (χ2v) is 5.45. The summed E-state index contributed by atoms with van der Waals surface area (Å²) in [6, 6.07) is 0.331. The van der Waals surface area contributed by atoms with Crippen LogP contribution in [0.15, 0.2) is 6.08 Å². The summed E-state index contributed by atoms with van der Waals surface area (Å²) in [5, 5.41) is 2.76. The van der Waals surface area contributed by atoms with E-state index in [-0.39, 0.29) is 32.7 Å². The van der Waals surface area contributed by atoms with Crippen LogP contribution in [0.4, 0.5) is 0 Å². The van der Waals surface area contributed by atoms with Crippen LogP contribution in [-0.2, 0) is 42.2 Å². The molecule has 1 N–H and O–H groups in total. The van der Waals surface area contributed by atoms with Crippen LogP contribution in [0.3, 0.4) is 0 Å². The van der Waals surface area contributed by atoms with Crippen molar-refractivity contribution >= 4 is 6.41 Å². The molecule has 2 fully saturated rings. The predicted molar refractivity (Wildman–Crippen MR) is 76.4 cm³/mol. The molecular formula is C15H26N2O2Y-2. The van der Waals surface area contributed by atoms with E-state index in [4.69, 9.17) is 11.3 Å². The van der Waals surface area contributed by atoms with Gasteiger partial charge in [-0.25, -0.2) is 0 Å². The number of nitrogens with zero attached hydrogens (tertiary/aromatic N) is 1. The van der Waals surface area contributed by atoms with Gasteiger partial charge in [0.05, 0.1) is 0 Å². The zero-order valence-corrected chi connectivity index (χ0v) is 15.6. The summed E-state index contributed by atoms with van der Waals surface area (Å²) in [6.45, 7) is 12.8. The molecule has 0 atom stereocenters. The fraction of sp³-hybridized carbons (Fsp3) is 0.800. The topological polar surface area (TPSA) is 41.6 Å². The monoisotopic (exact) mass is 355 g/mol. The maximum absolute atomic E-state index is 10.3. The van der Waals surface area contributed by atoms with Crippen molar-refractivity contribution in [3.8, 4) is 0 Å². The largest absolute Gasteiger partial charge is 0.527 e. The normalized spacial score (nSPS) is 22.7. The average Bonchev–Trinajstić information content (AvgIpc) is 2.42. The molecular weight excluding hydrogens is 329 g/mol.